The Kier molecular flexibility index (Phi) is 14.5. The van der Waals surface area contributed by atoms with E-state index in [0.29, 0.717) is 0 Å². The normalized spacial score (nSPS) is 11.5. The lowest BCUT2D eigenvalue weighted by Gasteiger charge is -2.30. The average Bonchev–Trinajstić information content (AvgIpc) is 3.16. The van der Waals surface area contributed by atoms with Crippen molar-refractivity contribution in [1.29, 1.82) is 0 Å². The number of nitrogens with one attached hydrogen (secondary N) is 1. The topological polar surface area (TPSA) is 43.5 Å². The zero-order chi connectivity index (χ0) is 24.1. The van der Waals surface area contributed by atoms with Crippen LogP contribution in [0, 0.1) is 0 Å². The fraction of sp³-hybridized carbons (Fsp3) is 0.714. The van der Waals surface area contributed by atoms with Gasteiger partial charge >= 0.3 is 0 Å². The second-order valence-electron chi connectivity index (χ2n) is 10.0. The van der Waals surface area contributed by atoms with Gasteiger partial charge in [0, 0.05) is 6.42 Å². The zero-order valence-electron chi connectivity index (χ0n) is 22.6. The molecular weight excluding hydrogens is 448 g/mol. The van der Waals surface area contributed by atoms with Crippen molar-refractivity contribution in [2.45, 2.75) is 84.0 Å². The van der Waals surface area contributed by atoms with Gasteiger partial charge in [0.15, 0.2) is 17.2 Å². The molecule has 0 aliphatic rings. The Morgan fingerprint density at radius 3 is 1.82 bits per heavy atom. The Morgan fingerprint density at radius 1 is 0.706 bits per heavy atom. The number of halogens is 1. The van der Waals surface area contributed by atoms with E-state index in [1.165, 1.54) is 70.8 Å². The summed E-state index contributed by atoms with van der Waals surface area (Å²) in [6.45, 7) is 4.70. The molecule has 1 N–H and O–H groups in total. The standard InChI is InChI=1S/C28H49N2O3.ClH/c1-7-8-9-10-11-12-13-14-15-16-21-30(2,3)22-17-18-24-27(32-5)26-23(29-24)19-20-25(31-4)28(26)33-6;/h19-20,29H,7-18,21-22H2,1-6H3;1H/q+1;/p-1. The minimum atomic E-state index is 0. The third-order valence-corrected chi connectivity index (χ3v) is 6.84. The number of hydrogen-bond donors (Lipinski definition) is 1. The molecule has 0 aliphatic heterocycles. The van der Waals surface area contributed by atoms with Crippen molar-refractivity contribution in [2.24, 2.45) is 0 Å². The summed E-state index contributed by atoms with van der Waals surface area (Å²) >= 11 is 0. The van der Waals surface area contributed by atoms with Crippen LogP contribution in [0.5, 0.6) is 17.2 Å². The number of H-pyrrole nitrogens is 1. The molecule has 1 heterocycles. The fourth-order valence-electron chi connectivity index (χ4n) is 4.85. The summed E-state index contributed by atoms with van der Waals surface area (Å²) in [6, 6.07) is 3.97. The molecule has 0 bridgehead atoms. The van der Waals surface area contributed by atoms with Crippen LogP contribution in [0.25, 0.3) is 10.9 Å². The van der Waals surface area contributed by atoms with Gasteiger partial charge in [-0.05, 0) is 31.4 Å². The number of benzene rings is 1. The number of rotatable bonds is 18. The highest BCUT2D eigenvalue weighted by atomic mass is 35.5. The maximum atomic E-state index is 5.79. The summed E-state index contributed by atoms with van der Waals surface area (Å²) in [4.78, 5) is 3.55. The van der Waals surface area contributed by atoms with Gasteiger partial charge in [0.2, 0.25) is 0 Å². The van der Waals surface area contributed by atoms with Crippen molar-refractivity contribution in [2.75, 3.05) is 48.5 Å². The molecule has 0 fully saturated rings. The lowest BCUT2D eigenvalue weighted by atomic mass is 10.1. The molecule has 0 aliphatic carbocycles. The van der Waals surface area contributed by atoms with E-state index in [0.717, 1.165) is 57.7 Å². The van der Waals surface area contributed by atoms with Gasteiger partial charge < -0.3 is 36.1 Å². The summed E-state index contributed by atoms with van der Waals surface area (Å²) in [7, 11) is 9.81. The largest absolute Gasteiger partial charge is 1.00 e. The van der Waals surface area contributed by atoms with E-state index in [-0.39, 0.29) is 12.4 Å². The number of nitrogens with zero attached hydrogens (tertiary/aromatic N) is 1. The minimum Gasteiger partial charge on any atom is -1.00 e. The zero-order valence-corrected chi connectivity index (χ0v) is 23.4. The van der Waals surface area contributed by atoms with Crippen LogP contribution in [0.15, 0.2) is 12.1 Å². The molecule has 196 valence electrons. The van der Waals surface area contributed by atoms with Crippen LogP contribution < -0.4 is 26.6 Å². The van der Waals surface area contributed by atoms with Gasteiger partial charge in [-0.2, -0.15) is 0 Å². The number of methoxy groups -OCH3 is 3. The molecule has 0 amide bonds. The highest BCUT2D eigenvalue weighted by Crippen LogP contribution is 2.42. The molecule has 0 atom stereocenters. The Labute approximate surface area is 214 Å². The first-order valence-corrected chi connectivity index (χ1v) is 13.1. The van der Waals surface area contributed by atoms with E-state index in [1.54, 1.807) is 21.3 Å². The molecule has 5 nitrogen and oxygen atoms in total. The Balaban J connectivity index is 0.00000578. The average molecular weight is 497 g/mol. The van der Waals surface area contributed by atoms with Gasteiger partial charge in [0.05, 0.1) is 65.1 Å². The molecule has 0 unspecified atom stereocenters. The smallest absolute Gasteiger partial charge is 0.173 e. The predicted octanol–water partition coefficient (Wildman–Crippen LogP) is 4.13. The Bertz CT molecular complexity index is 820. The van der Waals surface area contributed by atoms with Crippen LogP contribution >= 0.6 is 0 Å². The highest BCUT2D eigenvalue weighted by molar-refractivity contribution is 5.95. The van der Waals surface area contributed by atoms with Gasteiger partial charge in [0.1, 0.15) is 0 Å². The molecule has 0 saturated carbocycles. The third kappa shape index (κ3) is 9.22. The molecule has 0 radical (unpaired) electrons. The first-order chi connectivity index (χ1) is 16.0. The van der Waals surface area contributed by atoms with E-state index in [4.69, 9.17) is 14.2 Å². The molecule has 2 aromatic rings. The van der Waals surface area contributed by atoms with Crippen molar-refractivity contribution in [3.05, 3.63) is 17.8 Å². The van der Waals surface area contributed by atoms with Crippen molar-refractivity contribution in [3.63, 3.8) is 0 Å². The van der Waals surface area contributed by atoms with Crippen LogP contribution in [0.1, 0.15) is 83.2 Å². The summed E-state index contributed by atoms with van der Waals surface area (Å²) < 4.78 is 18.0. The Hall–Kier alpha value is -1.59. The number of aryl methyl sites for hydroxylation is 1. The Morgan fingerprint density at radius 2 is 1.26 bits per heavy atom. The maximum absolute atomic E-state index is 5.79. The lowest BCUT2D eigenvalue weighted by Crippen LogP contribution is -3.00. The molecule has 6 heteroatoms. The number of aromatic nitrogens is 1. The van der Waals surface area contributed by atoms with Crippen LogP contribution in [0.2, 0.25) is 0 Å². The first-order valence-electron chi connectivity index (χ1n) is 13.1. The van der Waals surface area contributed by atoms with E-state index < -0.39 is 0 Å². The van der Waals surface area contributed by atoms with Gasteiger partial charge in [0.25, 0.3) is 0 Å². The number of quaternary nitrogens is 1. The third-order valence-electron chi connectivity index (χ3n) is 6.84. The highest BCUT2D eigenvalue weighted by Gasteiger charge is 2.21. The van der Waals surface area contributed by atoms with E-state index in [2.05, 4.69) is 26.0 Å². The van der Waals surface area contributed by atoms with Gasteiger partial charge in [-0.25, -0.2) is 0 Å². The number of ether oxygens (including phenoxy) is 3. The van der Waals surface area contributed by atoms with Crippen LogP contribution in [-0.4, -0.2) is 58.0 Å². The summed E-state index contributed by atoms with van der Waals surface area (Å²) in [5.74, 6) is 2.33. The van der Waals surface area contributed by atoms with Gasteiger partial charge in [-0.15, -0.1) is 0 Å². The van der Waals surface area contributed by atoms with Crippen LogP contribution in [0.3, 0.4) is 0 Å². The first kappa shape index (κ1) is 30.4. The van der Waals surface area contributed by atoms with Crippen molar-refractivity contribution in [1.82, 2.24) is 4.98 Å². The van der Waals surface area contributed by atoms with Crippen molar-refractivity contribution >= 4 is 10.9 Å². The number of fused-ring (bicyclic) bond motifs is 1. The number of unbranched alkanes of at least 4 members (excludes halogenated alkanes) is 9. The SMILES string of the molecule is CCCCCCCCCCCC[N+](C)(C)CCCc1[nH]c2ccc(OC)c(OC)c2c1OC.[Cl-]. The molecular formula is C28H49ClN2O3. The summed E-state index contributed by atoms with van der Waals surface area (Å²) in [5.41, 5.74) is 2.16. The van der Waals surface area contributed by atoms with Gasteiger partial charge in [-0.3, -0.25) is 0 Å². The molecule has 2 rings (SSSR count). The molecule has 0 spiro atoms. The quantitative estimate of drug-likeness (QED) is 0.249. The number of hydrogen-bond acceptors (Lipinski definition) is 3. The summed E-state index contributed by atoms with van der Waals surface area (Å²) in [5, 5.41) is 0.966. The second-order valence-corrected chi connectivity index (χ2v) is 10.0. The van der Waals surface area contributed by atoms with Crippen molar-refractivity contribution < 1.29 is 31.1 Å². The molecule has 34 heavy (non-hydrogen) atoms. The van der Waals surface area contributed by atoms with E-state index >= 15 is 0 Å². The second kappa shape index (κ2) is 16.1. The summed E-state index contributed by atoms with van der Waals surface area (Å²) in [6.07, 6.45) is 16.0. The van der Waals surface area contributed by atoms with Gasteiger partial charge in [-0.1, -0.05) is 58.3 Å². The molecule has 1 aromatic heterocycles. The number of aromatic amines is 1. The van der Waals surface area contributed by atoms with E-state index in [9.17, 15) is 0 Å². The van der Waals surface area contributed by atoms with E-state index in [1.807, 2.05) is 12.1 Å². The van der Waals surface area contributed by atoms with Crippen molar-refractivity contribution in [3.8, 4) is 17.2 Å². The van der Waals surface area contributed by atoms with Crippen LogP contribution in [-0.2, 0) is 6.42 Å². The minimum absolute atomic E-state index is 0. The van der Waals surface area contributed by atoms with Crippen LogP contribution in [0.4, 0.5) is 0 Å². The molecule has 0 saturated heterocycles. The lowest BCUT2D eigenvalue weighted by molar-refractivity contribution is -0.890. The maximum Gasteiger partial charge on any atom is 0.173 e. The predicted molar refractivity (Wildman–Crippen MR) is 140 cm³/mol. The fourth-order valence-corrected chi connectivity index (χ4v) is 4.85. The monoisotopic (exact) mass is 496 g/mol. The molecule has 1 aromatic carbocycles.